The van der Waals surface area contributed by atoms with Gasteiger partial charge in [0.25, 0.3) is 0 Å². The average molecular weight is 256 g/mol. The van der Waals surface area contributed by atoms with Crippen LogP contribution in [0.4, 0.5) is 0 Å². The van der Waals surface area contributed by atoms with Crippen molar-refractivity contribution < 1.29 is 0 Å². The van der Waals surface area contributed by atoms with E-state index < -0.39 is 0 Å². The third kappa shape index (κ3) is 1.60. The molecule has 1 heterocycles. The highest BCUT2D eigenvalue weighted by Gasteiger charge is 2.04. The predicted octanol–water partition coefficient (Wildman–Crippen LogP) is 1.34. The largest absolute Gasteiger partial charge is 0.323 e. The summed E-state index contributed by atoms with van der Waals surface area (Å²) in [6.07, 6.45) is 0. The molecule has 0 saturated carbocycles. The quantitative estimate of drug-likeness (QED) is 0.759. The summed E-state index contributed by atoms with van der Waals surface area (Å²) < 4.78 is 0.995. The first kappa shape index (κ1) is 9.48. The fourth-order valence-electron chi connectivity index (χ4n) is 1.43. The summed E-state index contributed by atoms with van der Waals surface area (Å²) in [4.78, 5) is 16.5. The molecular weight excluding hydrogens is 246 g/mol. The molecule has 0 amide bonds. The van der Waals surface area contributed by atoms with Crippen LogP contribution >= 0.6 is 15.9 Å². The van der Waals surface area contributed by atoms with Crippen molar-refractivity contribution in [3.63, 3.8) is 0 Å². The maximum Gasteiger partial charge on any atom is 0.323 e. The Bertz CT molecular complexity index is 514. The molecule has 2 aromatic rings. The maximum absolute atomic E-state index is 11.0. The Morgan fingerprint density at radius 1 is 1.36 bits per heavy atom. The molecule has 4 nitrogen and oxygen atoms in total. The number of nitrogens with one attached hydrogen (secondary N) is 3. The highest BCUT2D eigenvalue weighted by molar-refractivity contribution is 9.10. The van der Waals surface area contributed by atoms with Crippen LogP contribution in [0.15, 0.2) is 21.4 Å². The van der Waals surface area contributed by atoms with Crippen LogP contribution in [0.5, 0.6) is 0 Å². The van der Waals surface area contributed by atoms with Gasteiger partial charge >= 0.3 is 5.69 Å². The molecule has 0 fully saturated rings. The second kappa shape index (κ2) is 3.59. The minimum absolute atomic E-state index is 0.173. The van der Waals surface area contributed by atoms with E-state index in [0.717, 1.165) is 27.6 Å². The van der Waals surface area contributed by atoms with Crippen LogP contribution in [0.1, 0.15) is 5.56 Å². The van der Waals surface area contributed by atoms with Crippen LogP contribution in [-0.4, -0.2) is 17.0 Å². The average Bonchev–Trinajstić information content (AvgIpc) is 2.45. The van der Waals surface area contributed by atoms with Gasteiger partial charge in [-0.3, -0.25) is 0 Å². The molecule has 0 radical (unpaired) electrons. The maximum atomic E-state index is 11.0. The first-order valence-corrected chi connectivity index (χ1v) is 5.05. The second-order valence-corrected chi connectivity index (χ2v) is 3.95. The molecule has 14 heavy (non-hydrogen) atoms. The zero-order valence-electron chi connectivity index (χ0n) is 7.65. The molecule has 1 aromatic heterocycles. The molecule has 0 aliphatic carbocycles. The number of fused-ring (bicyclic) bond motifs is 1. The highest BCUT2D eigenvalue weighted by atomic mass is 79.9. The zero-order valence-corrected chi connectivity index (χ0v) is 9.23. The van der Waals surface area contributed by atoms with E-state index in [0.29, 0.717) is 0 Å². The van der Waals surface area contributed by atoms with Crippen molar-refractivity contribution >= 4 is 27.0 Å². The lowest BCUT2D eigenvalue weighted by Gasteiger charge is -2.02. The van der Waals surface area contributed by atoms with Gasteiger partial charge in [0.05, 0.1) is 11.0 Å². The molecule has 1 aromatic carbocycles. The summed E-state index contributed by atoms with van der Waals surface area (Å²) in [6, 6.07) is 3.85. The lowest BCUT2D eigenvalue weighted by atomic mass is 10.2. The van der Waals surface area contributed by atoms with Crippen molar-refractivity contribution in [1.29, 1.82) is 0 Å². The van der Waals surface area contributed by atoms with Crippen molar-refractivity contribution in [2.75, 3.05) is 7.05 Å². The normalized spacial score (nSPS) is 11.0. The monoisotopic (exact) mass is 255 g/mol. The third-order valence-corrected chi connectivity index (χ3v) is 2.79. The topological polar surface area (TPSA) is 60.7 Å². The molecule has 0 bridgehead atoms. The van der Waals surface area contributed by atoms with Gasteiger partial charge in [0.15, 0.2) is 0 Å². The van der Waals surface area contributed by atoms with E-state index in [4.69, 9.17) is 0 Å². The van der Waals surface area contributed by atoms with Crippen molar-refractivity contribution in [2.24, 2.45) is 0 Å². The van der Waals surface area contributed by atoms with Gasteiger partial charge < -0.3 is 15.3 Å². The van der Waals surface area contributed by atoms with Gasteiger partial charge in [-0.1, -0.05) is 15.9 Å². The number of H-pyrrole nitrogens is 2. The first-order chi connectivity index (χ1) is 6.70. The van der Waals surface area contributed by atoms with Crippen LogP contribution in [0, 0.1) is 0 Å². The van der Waals surface area contributed by atoms with E-state index in [2.05, 4.69) is 31.2 Å². The number of aromatic nitrogens is 2. The highest BCUT2D eigenvalue weighted by Crippen LogP contribution is 2.21. The summed E-state index contributed by atoms with van der Waals surface area (Å²) in [5.74, 6) is 0. The number of halogens is 1. The number of hydrogen-bond acceptors (Lipinski definition) is 2. The van der Waals surface area contributed by atoms with Gasteiger partial charge in [0.1, 0.15) is 0 Å². The number of aromatic amines is 2. The van der Waals surface area contributed by atoms with E-state index in [-0.39, 0.29) is 5.69 Å². The Hall–Kier alpha value is -1.07. The van der Waals surface area contributed by atoms with E-state index in [1.165, 1.54) is 0 Å². The Morgan fingerprint density at radius 2 is 2.00 bits per heavy atom. The molecule has 74 valence electrons. The minimum Gasteiger partial charge on any atom is -0.316 e. The van der Waals surface area contributed by atoms with Crippen LogP contribution in [0.2, 0.25) is 0 Å². The van der Waals surface area contributed by atoms with Crippen molar-refractivity contribution in [1.82, 2.24) is 15.3 Å². The van der Waals surface area contributed by atoms with Gasteiger partial charge in [-0.2, -0.15) is 0 Å². The smallest absolute Gasteiger partial charge is 0.316 e. The lowest BCUT2D eigenvalue weighted by molar-refractivity contribution is 0.815. The van der Waals surface area contributed by atoms with Crippen molar-refractivity contribution in [3.05, 3.63) is 32.7 Å². The number of benzene rings is 1. The first-order valence-electron chi connectivity index (χ1n) is 4.25. The number of rotatable bonds is 2. The molecule has 0 spiro atoms. The molecule has 5 heteroatoms. The molecule has 0 aliphatic rings. The molecule has 3 N–H and O–H groups in total. The van der Waals surface area contributed by atoms with Gasteiger partial charge in [-0.15, -0.1) is 0 Å². The summed E-state index contributed by atoms with van der Waals surface area (Å²) in [5, 5.41) is 3.06. The molecular formula is C9H10BrN3O. The van der Waals surface area contributed by atoms with Crippen LogP contribution in [-0.2, 0) is 6.54 Å². The minimum atomic E-state index is -0.173. The van der Waals surface area contributed by atoms with E-state index in [1.54, 1.807) is 0 Å². The Morgan fingerprint density at radius 3 is 2.64 bits per heavy atom. The molecule has 2 rings (SSSR count). The third-order valence-electron chi connectivity index (χ3n) is 2.05. The van der Waals surface area contributed by atoms with E-state index in [9.17, 15) is 4.79 Å². The van der Waals surface area contributed by atoms with E-state index in [1.807, 2.05) is 19.2 Å². The van der Waals surface area contributed by atoms with Crippen LogP contribution in [0.25, 0.3) is 11.0 Å². The van der Waals surface area contributed by atoms with Gasteiger partial charge in [-0.25, -0.2) is 4.79 Å². The summed E-state index contributed by atoms with van der Waals surface area (Å²) in [5.41, 5.74) is 2.61. The van der Waals surface area contributed by atoms with Crippen LogP contribution in [0.3, 0.4) is 0 Å². The predicted molar refractivity (Wildman–Crippen MR) is 59.4 cm³/mol. The summed E-state index contributed by atoms with van der Waals surface area (Å²) in [6.45, 7) is 0.768. The van der Waals surface area contributed by atoms with Gasteiger partial charge in [0.2, 0.25) is 0 Å². The number of hydrogen-bond donors (Lipinski definition) is 3. The summed E-state index contributed by atoms with van der Waals surface area (Å²) in [7, 11) is 1.89. The Kier molecular flexibility index (Phi) is 2.43. The SMILES string of the molecule is CNCc1cc2[nH]c(=O)[nH]c2cc1Br. The van der Waals surface area contributed by atoms with Gasteiger partial charge in [-0.05, 0) is 24.7 Å². The fraction of sp³-hybridized carbons (Fsp3) is 0.222. The second-order valence-electron chi connectivity index (χ2n) is 3.10. The fourth-order valence-corrected chi connectivity index (χ4v) is 1.91. The molecule has 0 unspecified atom stereocenters. The molecule has 0 aliphatic heterocycles. The van der Waals surface area contributed by atoms with Crippen molar-refractivity contribution in [2.45, 2.75) is 6.54 Å². The van der Waals surface area contributed by atoms with Gasteiger partial charge in [0, 0.05) is 11.0 Å². The van der Waals surface area contributed by atoms with E-state index >= 15 is 0 Å². The Balaban J connectivity index is 2.63. The molecule has 0 saturated heterocycles. The lowest BCUT2D eigenvalue weighted by Crippen LogP contribution is -2.05. The standard InChI is InChI=1S/C9H10BrN3O/c1-11-4-5-2-7-8(3-6(5)10)13-9(14)12-7/h2-3,11H,4H2,1H3,(H2,12,13,14). The van der Waals surface area contributed by atoms with Crippen molar-refractivity contribution in [3.8, 4) is 0 Å². The van der Waals surface area contributed by atoms with Crippen LogP contribution < -0.4 is 11.0 Å². The molecule has 0 atom stereocenters. The zero-order chi connectivity index (χ0) is 10.1. The number of imidazole rings is 1. The summed E-state index contributed by atoms with van der Waals surface area (Å²) >= 11 is 3.45. The Labute approximate surface area is 88.9 Å².